The Balaban J connectivity index is 3.79. The molecule has 0 unspecified atom stereocenters. The van der Waals surface area contributed by atoms with E-state index in [1.165, 1.54) is 0 Å². The van der Waals surface area contributed by atoms with E-state index in [9.17, 15) is 4.79 Å². The third-order valence-electron chi connectivity index (χ3n) is 0.586. The lowest BCUT2D eigenvalue weighted by Crippen LogP contribution is -2.23. The van der Waals surface area contributed by atoms with Crippen LogP contribution in [0.1, 0.15) is 13.8 Å². The Kier molecular flexibility index (Phi) is 2.05. The molecular formula is C4H6BBrO. The zero-order chi connectivity index (χ0) is 6.08. The van der Waals surface area contributed by atoms with Crippen molar-refractivity contribution in [3.63, 3.8) is 0 Å². The summed E-state index contributed by atoms with van der Waals surface area (Å²) in [5, 5.41) is 0. The van der Waals surface area contributed by atoms with E-state index in [1.807, 2.05) is 0 Å². The third-order valence-corrected chi connectivity index (χ3v) is 0.977. The van der Waals surface area contributed by atoms with Crippen molar-refractivity contribution >= 4 is 29.5 Å². The molecule has 0 aliphatic rings. The first kappa shape index (κ1) is 7.21. The highest BCUT2D eigenvalue weighted by atomic mass is 79.9. The molecule has 38 valence electrons. The fraction of sp³-hybridized carbons (Fsp3) is 0.750. The molecule has 2 radical (unpaired) electrons. The van der Waals surface area contributed by atoms with Gasteiger partial charge in [-0.25, -0.2) is 0 Å². The van der Waals surface area contributed by atoms with Gasteiger partial charge >= 0.3 is 0 Å². The number of alkyl halides is 1. The Morgan fingerprint density at radius 2 is 1.86 bits per heavy atom. The molecule has 0 aromatic carbocycles. The predicted molar refractivity (Wildman–Crippen MR) is 33.8 cm³/mol. The van der Waals surface area contributed by atoms with Crippen LogP contribution in [0.4, 0.5) is 0 Å². The molecule has 0 fully saturated rings. The summed E-state index contributed by atoms with van der Waals surface area (Å²) in [6.45, 7) is 3.41. The second-order valence-corrected chi connectivity index (χ2v) is 3.82. The Bertz CT molecular complexity index is 84.2. The largest absolute Gasteiger partial charge is 0.311 e. The van der Waals surface area contributed by atoms with Crippen LogP contribution < -0.4 is 0 Å². The minimum Gasteiger partial charge on any atom is -0.311 e. The second-order valence-electron chi connectivity index (χ2n) is 1.84. The van der Waals surface area contributed by atoms with E-state index in [2.05, 4.69) is 15.9 Å². The zero-order valence-electron chi connectivity index (χ0n) is 4.36. The smallest absolute Gasteiger partial charge is 0.169 e. The van der Waals surface area contributed by atoms with Crippen molar-refractivity contribution in [2.75, 3.05) is 0 Å². The molecule has 0 aliphatic heterocycles. The lowest BCUT2D eigenvalue weighted by atomic mass is 9.92. The van der Waals surface area contributed by atoms with Gasteiger partial charge in [0, 0.05) is 0 Å². The molecule has 0 heterocycles. The fourth-order valence-corrected chi connectivity index (χ4v) is 0. The van der Waals surface area contributed by atoms with Gasteiger partial charge in [-0.3, -0.25) is 0 Å². The van der Waals surface area contributed by atoms with E-state index >= 15 is 0 Å². The number of carbonyl (C=O) groups excluding carboxylic acids is 1. The fourth-order valence-electron chi connectivity index (χ4n) is 0. The van der Waals surface area contributed by atoms with Gasteiger partial charge in [0.25, 0.3) is 0 Å². The molecule has 0 aliphatic carbocycles. The normalized spacial score (nSPS) is 11.3. The van der Waals surface area contributed by atoms with Crippen molar-refractivity contribution in [3.05, 3.63) is 0 Å². The molecule has 0 spiro atoms. The van der Waals surface area contributed by atoms with Crippen molar-refractivity contribution in [2.24, 2.45) is 0 Å². The van der Waals surface area contributed by atoms with Crippen LogP contribution in [-0.4, -0.2) is 17.9 Å². The summed E-state index contributed by atoms with van der Waals surface area (Å²) in [5.74, 6) is 0. The topological polar surface area (TPSA) is 17.1 Å². The average Bonchev–Trinajstić information content (AvgIpc) is 1.31. The van der Waals surface area contributed by atoms with Crippen LogP contribution in [0.2, 0.25) is 0 Å². The van der Waals surface area contributed by atoms with Gasteiger partial charge in [-0.05, 0) is 13.8 Å². The summed E-state index contributed by atoms with van der Waals surface area (Å²) in [6, 6.07) is 0. The maximum absolute atomic E-state index is 10.2. The van der Waals surface area contributed by atoms with Gasteiger partial charge in [0.2, 0.25) is 0 Å². The molecule has 0 bridgehead atoms. The van der Waals surface area contributed by atoms with Crippen molar-refractivity contribution in [2.45, 2.75) is 18.2 Å². The maximum atomic E-state index is 10.2. The standard InChI is InChI=1S/C4H6BBrO/c1-4(2,6)3(5)7/h1-2H3. The molecule has 0 amide bonds. The van der Waals surface area contributed by atoms with Crippen LogP contribution in [0.5, 0.6) is 0 Å². The molecule has 1 nitrogen and oxygen atoms in total. The minimum absolute atomic E-state index is 0.340. The molecule has 0 rings (SSSR count). The maximum Gasteiger partial charge on any atom is 0.169 e. The first-order valence-corrected chi connectivity index (χ1v) is 2.72. The van der Waals surface area contributed by atoms with Crippen LogP contribution in [0, 0.1) is 0 Å². The van der Waals surface area contributed by atoms with E-state index in [0.29, 0.717) is 0 Å². The van der Waals surface area contributed by atoms with E-state index in [-0.39, 0.29) is 5.68 Å². The average molecular weight is 161 g/mol. The number of hydrogen-bond acceptors (Lipinski definition) is 1. The molecule has 0 saturated carbocycles. The van der Waals surface area contributed by atoms with E-state index in [4.69, 9.17) is 7.85 Å². The van der Waals surface area contributed by atoms with E-state index < -0.39 is 4.32 Å². The number of hydrogen-bond donors (Lipinski definition) is 0. The molecule has 0 aromatic rings. The summed E-state index contributed by atoms with van der Waals surface area (Å²) in [7, 11) is 4.88. The molecule has 0 saturated heterocycles. The molecular weight excluding hydrogens is 155 g/mol. The lowest BCUT2D eigenvalue weighted by Gasteiger charge is -2.09. The quantitative estimate of drug-likeness (QED) is 0.411. The van der Waals surface area contributed by atoms with Crippen molar-refractivity contribution < 1.29 is 4.79 Å². The van der Waals surface area contributed by atoms with Gasteiger partial charge < -0.3 is 4.79 Å². The highest BCUT2D eigenvalue weighted by Gasteiger charge is 2.16. The Labute approximate surface area is 53.0 Å². The second kappa shape index (κ2) is 1.99. The Hall–Kier alpha value is 0.215. The first-order chi connectivity index (χ1) is 2.94. The minimum atomic E-state index is -0.549. The van der Waals surface area contributed by atoms with Gasteiger partial charge in [-0.1, -0.05) is 15.9 Å². The highest BCUT2D eigenvalue weighted by Crippen LogP contribution is 2.14. The summed E-state index contributed by atoms with van der Waals surface area (Å²) in [6.07, 6.45) is 0. The van der Waals surface area contributed by atoms with Crippen LogP contribution >= 0.6 is 15.9 Å². The van der Waals surface area contributed by atoms with Crippen LogP contribution in [-0.2, 0) is 4.79 Å². The van der Waals surface area contributed by atoms with E-state index in [1.54, 1.807) is 13.8 Å². The lowest BCUT2D eigenvalue weighted by molar-refractivity contribution is -0.112. The van der Waals surface area contributed by atoms with Crippen LogP contribution in [0.25, 0.3) is 0 Å². The summed E-state index contributed by atoms with van der Waals surface area (Å²) >= 11 is 3.07. The van der Waals surface area contributed by atoms with Crippen LogP contribution in [0.15, 0.2) is 0 Å². The zero-order valence-corrected chi connectivity index (χ0v) is 5.95. The molecule has 7 heavy (non-hydrogen) atoms. The van der Waals surface area contributed by atoms with E-state index in [0.717, 1.165) is 0 Å². The molecule has 3 heteroatoms. The van der Waals surface area contributed by atoms with Crippen molar-refractivity contribution in [1.29, 1.82) is 0 Å². The van der Waals surface area contributed by atoms with Crippen molar-refractivity contribution in [1.82, 2.24) is 0 Å². The summed E-state index contributed by atoms with van der Waals surface area (Å²) < 4.78 is -0.549. The number of rotatable bonds is 1. The van der Waals surface area contributed by atoms with Gasteiger partial charge in [-0.2, -0.15) is 0 Å². The monoisotopic (exact) mass is 160 g/mol. The number of halogens is 1. The third kappa shape index (κ3) is 2.86. The predicted octanol–water partition coefficient (Wildman–Crippen LogP) is 0.855. The van der Waals surface area contributed by atoms with Gasteiger partial charge in [0.1, 0.15) is 0 Å². The first-order valence-electron chi connectivity index (χ1n) is 1.93. The van der Waals surface area contributed by atoms with Gasteiger partial charge in [0.15, 0.2) is 7.85 Å². The molecule has 0 atom stereocenters. The molecule has 0 N–H and O–H groups in total. The molecule has 0 aromatic heterocycles. The van der Waals surface area contributed by atoms with Crippen molar-refractivity contribution in [3.8, 4) is 0 Å². The highest BCUT2D eigenvalue weighted by molar-refractivity contribution is 9.10. The Morgan fingerprint density at radius 1 is 1.71 bits per heavy atom. The summed E-state index contributed by atoms with van der Waals surface area (Å²) in [5.41, 5.74) is -0.340. The number of carbonyl (C=O) groups is 1. The summed E-state index contributed by atoms with van der Waals surface area (Å²) in [4.78, 5) is 10.2. The van der Waals surface area contributed by atoms with Crippen LogP contribution in [0.3, 0.4) is 0 Å². The van der Waals surface area contributed by atoms with Gasteiger partial charge in [-0.15, -0.1) is 0 Å². The van der Waals surface area contributed by atoms with Gasteiger partial charge in [0.05, 0.1) is 10.0 Å². The Morgan fingerprint density at radius 3 is 1.86 bits per heavy atom. The SMILES string of the molecule is [B]C(=O)C(C)(C)Br.